The Morgan fingerprint density at radius 3 is 1.68 bits per heavy atom. The van der Waals surface area contributed by atoms with Gasteiger partial charge in [-0.15, -0.1) is 0 Å². The van der Waals surface area contributed by atoms with Crippen molar-refractivity contribution < 1.29 is 8.83 Å². The average molecular weight is 504 g/mol. The van der Waals surface area contributed by atoms with Gasteiger partial charge in [-0.1, -0.05) is 104 Å². The molecule has 0 saturated heterocycles. The van der Waals surface area contributed by atoms with Gasteiger partial charge < -0.3 is 13.7 Å². The van der Waals surface area contributed by atoms with E-state index >= 15 is 0 Å². The molecule has 0 saturated carbocycles. The van der Waals surface area contributed by atoms with Crippen LogP contribution in [0.3, 0.4) is 0 Å². The monoisotopic (exact) mass is 503 g/mol. The van der Waals surface area contributed by atoms with E-state index in [1.165, 1.54) is 96.2 Å². The summed E-state index contributed by atoms with van der Waals surface area (Å²) < 4.78 is 11.9. The minimum atomic E-state index is 0.489. The summed E-state index contributed by atoms with van der Waals surface area (Å²) in [4.78, 5) is 2.29. The maximum Gasteiger partial charge on any atom is 0.214 e. The van der Waals surface area contributed by atoms with Gasteiger partial charge in [0.2, 0.25) is 5.88 Å². The van der Waals surface area contributed by atoms with Gasteiger partial charge in [0.1, 0.15) is 35.1 Å². The molecule has 0 aliphatic carbocycles. The van der Waals surface area contributed by atoms with E-state index in [4.69, 9.17) is 8.83 Å². The molecule has 1 aromatic carbocycles. The van der Waals surface area contributed by atoms with Crippen molar-refractivity contribution >= 4 is 27.8 Å². The highest BCUT2D eigenvalue weighted by atomic mass is 16.4. The van der Waals surface area contributed by atoms with Gasteiger partial charge in [0.15, 0.2) is 0 Å². The Labute approximate surface area is 223 Å². The van der Waals surface area contributed by atoms with Crippen molar-refractivity contribution in [2.45, 2.75) is 117 Å². The van der Waals surface area contributed by atoms with Gasteiger partial charge in [0.05, 0.1) is 5.56 Å². The molecule has 0 spiro atoms. The molecular weight excluding hydrogens is 458 g/mol. The third-order valence-corrected chi connectivity index (χ3v) is 7.45. The summed E-state index contributed by atoms with van der Waals surface area (Å²) in [6, 6.07) is 8.27. The lowest BCUT2D eigenvalue weighted by atomic mass is 10.1. The second-order valence-electron chi connectivity index (χ2n) is 10.4. The molecule has 37 heavy (non-hydrogen) atoms. The van der Waals surface area contributed by atoms with Crippen LogP contribution in [0.2, 0.25) is 0 Å². The molecule has 200 valence electrons. The largest absolute Gasteiger partial charge is 0.463 e. The van der Waals surface area contributed by atoms with Crippen LogP contribution >= 0.6 is 0 Å². The van der Waals surface area contributed by atoms with Crippen LogP contribution in [-0.2, 0) is 0 Å². The molecule has 5 heteroatoms. The number of furan rings is 2. The first-order chi connectivity index (χ1) is 18.2. The Balaban J connectivity index is 1.67. The summed E-state index contributed by atoms with van der Waals surface area (Å²) in [5, 5.41) is 21.0. The standard InChI is InChI=1S/C32H45N3O2/c1-3-5-7-9-11-13-15-17-19-35(20-18-16-14-12-10-8-6-4-2)32-29(24-34)28-22-30-27(21-31(28)37-32)26(23-33)25-36-30/h21-22,25H,3-20H2,1-2H3. The summed E-state index contributed by atoms with van der Waals surface area (Å²) in [5.74, 6) is 0.676. The topological polar surface area (TPSA) is 77.1 Å². The van der Waals surface area contributed by atoms with E-state index in [2.05, 4.69) is 30.9 Å². The fourth-order valence-corrected chi connectivity index (χ4v) is 5.21. The third kappa shape index (κ3) is 8.29. The van der Waals surface area contributed by atoms with Crippen molar-refractivity contribution in [1.29, 1.82) is 10.5 Å². The second-order valence-corrected chi connectivity index (χ2v) is 10.4. The Morgan fingerprint density at radius 1 is 0.649 bits per heavy atom. The highest BCUT2D eigenvalue weighted by molar-refractivity contribution is 6.00. The van der Waals surface area contributed by atoms with Gasteiger partial charge in [-0.25, -0.2) is 0 Å². The van der Waals surface area contributed by atoms with E-state index < -0.39 is 0 Å². The zero-order chi connectivity index (χ0) is 26.3. The number of nitrogens with zero attached hydrogens (tertiary/aromatic N) is 3. The van der Waals surface area contributed by atoms with Crippen LogP contribution in [0, 0.1) is 22.7 Å². The van der Waals surface area contributed by atoms with E-state index in [0.717, 1.165) is 36.7 Å². The van der Waals surface area contributed by atoms with Crippen molar-refractivity contribution in [3.63, 3.8) is 0 Å². The zero-order valence-electron chi connectivity index (χ0n) is 23.1. The van der Waals surface area contributed by atoms with Crippen molar-refractivity contribution in [1.82, 2.24) is 0 Å². The van der Waals surface area contributed by atoms with E-state index in [1.54, 1.807) is 0 Å². The quantitative estimate of drug-likeness (QED) is 0.152. The first-order valence-electron chi connectivity index (χ1n) is 14.8. The van der Waals surface area contributed by atoms with Crippen LogP contribution in [0.25, 0.3) is 21.9 Å². The lowest BCUT2D eigenvalue weighted by Gasteiger charge is -2.22. The minimum absolute atomic E-state index is 0.489. The number of nitriles is 2. The van der Waals surface area contributed by atoms with Crippen molar-refractivity contribution in [2.75, 3.05) is 18.0 Å². The molecule has 0 atom stereocenters. The molecule has 0 aliphatic rings. The molecule has 3 rings (SSSR count). The predicted molar refractivity (Wildman–Crippen MR) is 153 cm³/mol. The number of hydrogen-bond donors (Lipinski definition) is 0. The highest BCUT2D eigenvalue weighted by Crippen LogP contribution is 2.36. The van der Waals surface area contributed by atoms with Crippen LogP contribution in [0.1, 0.15) is 128 Å². The van der Waals surface area contributed by atoms with Gasteiger partial charge >= 0.3 is 0 Å². The maximum absolute atomic E-state index is 10.1. The molecule has 2 aromatic heterocycles. The first kappa shape index (κ1) is 28.6. The van der Waals surface area contributed by atoms with Crippen LogP contribution in [0.5, 0.6) is 0 Å². The Bertz CT molecular complexity index is 1140. The Kier molecular flexibility index (Phi) is 12.4. The van der Waals surface area contributed by atoms with Gasteiger partial charge in [0, 0.05) is 23.9 Å². The lowest BCUT2D eigenvalue weighted by molar-refractivity contribution is 0.527. The fourth-order valence-electron chi connectivity index (χ4n) is 5.21. The zero-order valence-corrected chi connectivity index (χ0v) is 23.1. The summed E-state index contributed by atoms with van der Waals surface area (Å²) >= 11 is 0. The molecule has 0 unspecified atom stereocenters. The predicted octanol–water partition coefficient (Wildman–Crippen LogP) is 10.0. The van der Waals surface area contributed by atoms with E-state index in [0.29, 0.717) is 28.2 Å². The van der Waals surface area contributed by atoms with Crippen molar-refractivity contribution in [3.05, 3.63) is 29.5 Å². The summed E-state index contributed by atoms with van der Waals surface area (Å²) in [6.45, 7) is 6.32. The van der Waals surface area contributed by atoms with Crippen LogP contribution in [0.15, 0.2) is 27.2 Å². The van der Waals surface area contributed by atoms with Gasteiger partial charge in [0.25, 0.3) is 0 Å². The summed E-state index contributed by atoms with van der Waals surface area (Å²) in [7, 11) is 0. The van der Waals surface area contributed by atoms with Crippen LogP contribution in [0.4, 0.5) is 5.88 Å². The molecule has 0 radical (unpaired) electrons. The smallest absolute Gasteiger partial charge is 0.214 e. The van der Waals surface area contributed by atoms with Crippen molar-refractivity contribution in [2.24, 2.45) is 0 Å². The number of benzene rings is 1. The summed E-state index contributed by atoms with van der Waals surface area (Å²) in [5.41, 5.74) is 2.33. The van der Waals surface area contributed by atoms with E-state index in [9.17, 15) is 10.5 Å². The molecular formula is C32H45N3O2. The number of rotatable bonds is 19. The first-order valence-corrected chi connectivity index (χ1v) is 14.8. The van der Waals surface area contributed by atoms with Gasteiger partial charge in [-0.3, -0.25) is 0 Å². The van der Waals surface area contributed by atoms with Gasteiger partial charge in [-0.05, 0) is 25.0 Å². The van der Waals surface area contributed by atoms with Crippen LogP contribution in [-0.4, -0.2) is 13.1 Å². The number of unbranched alkanes of at least 4 members (excludes halogenated alkanes) is 14. The Morgan fingerprint density at radius 2 is 1.16 bits per heavy atom. The van der Waals surface area contributed by atoms with Gasteiger partial charge in [-0.2, -0.15) is 10.5 Å². The molecule has 0 fully saturated rings. The normalized spacial score (nSPS) is 11.2. The molecule has 0 bridgehead atoms. The molecule has 2 heterocycles. The Hall–Kier alpha value is -2.92. The maximum atomic E-state index is 10.1. The highest BCUT2D eigenvalue weighted by Gasteiger charge is 2.21. The minimum Gasteiger partial charge on any atom is -0.463 e. The number of anilines is 1. The second kappa shape index (κ2) is 16.0. The lowest BCUT2D eigenvalue weighted by Crippen LogP contribution is -2.26. The van der Waals surface area contributed by atoms with Crippen molar-refractivity contribution in [3.8, 4) is 12.1 Å². The molecule has 0 aliphatic heterocycles. The molecule has 0 amide bonds. The van der Waals surface area contributed by atoms with E-state index in [1.807, 2.05) is 12.1 Å². The average Bonchev–Trinajstić information content (AvgIpc) is 3.48. The SMILES string of the molecule is CCCCCCCCCCN(CCCCCCCCCC)c1oc2cc3c(C#N)coc3cc2c1C#N. The number of hydrogen-bond acceptors (Lipinski definition) is 5. The third-order valence-electron chi connectivity index (χ3n) is 7.45. The fraction of sp³-hybridized carbons (Fsp3) is 0.625. The summed E-state index contributed by atoms with van der Waals surface area (Å²) in [6.07, 6.45) is 21.9. The molecule has 0 N–H and O–H groups in total. The van der Waals surface area contributed by atoms with Crippen LogP contribution < -0.4 is 4.90 Å². The van der Waals surface area contributed by atoms with E-state index in [-0.39, 0.29) is 0 Å². The molecule has 5 nitrogen and oxygen atoms in total. The number of fused-ring (bicyclic) bond motifs is 2. The molecule has 3 aromatic rings.